The summed E-state index contributed by atoms with van der Waals surface area (Å²) in [6, 6.07) is 4.28. The van der Waals surface area contributed by atoms with Crippen molar-refractivity contribution < 1.29 is 19.4 Å². The van der Waals surface area contributed by atoms with Crippen molar-refractivity contribution in [3.8, 4) is 17.2 Å². The van der Waals surface area contributed by atoms with Gasteiger partial charge in [-0.2, -0.15) is 0 Å². The summed E-state index contributed by atoms with van der Waals surface area (Å²) < 4.78 is 9.62. The summed E-state index contributed by atoms with van der Waals surface area (Å²) >= 11 is 0. The van der Waals surface area contributed by atoms with Gasteiger partial charge in [0.2, 0.25) is 0 Å². The van der Waals surface area contributed by atoms with Crippen molar-refractivity contribution >= 4 is 5.97 Å². The van der Waals surface area contributed by atoms with Gasteiger partial charge in [0.15, 0.2) is 0 Å². The third-order valence-electron chi connectivity index (χ3n) is 1.36. The van der Waals surface area contributed by atoms with Crippen molar-refractivity contribution in [3.63, 3.8) is 0 Å². The maximum Gasteiger partial charge on any atom is 0.308 e. The molecule has 0 aliphatic rings. The third kappa shape index (κ3) is 2.66. The van der Waals surface area contributed by atoms with Crippen molar-refractivity contribution in [1.82, 2.24) is 0 Å². The first-order valence-electron chi connectivity index (χ1n) is 3.68. The Morgan fingerprint density at radius 2 is 1.92 bits per heavy atom. The minimum absolute atomic E-state index is 0.00407. The van der Waals surface area contributed by atoms with Crippen LogP contribution >= 0.6 is 0 Å². The normalized spacial score (nSPS) is 9.38. The van der Waals surface area contributed by atoms with Gasteiger partial charge < -0.3 is 14.6 Å². The van der Waals surface area contributed by atoms with Gasteiger partial charge in [-0.25, -0.2) is 0 Å². The molecule has 0 aliphatic heterocycles. The highest BCUT2D eigenvalue weighted by Gasteiger charge is 2.02. The van der Waals surface area contributed by atoms with E-state index in [0.29, 0.717) is 5.75 Å². The lowest BCUT2D eigenvalue weighted by Crippen LogP contribution is -2.01. The summed E-state index contributed by atoms with van der Waals surface area (Å²) in [5.41, 5.74) is 0. The first kappa shape index (κ1) is 9.38. The molecule has 13 heavy (non-hydrogen) atoms. The number of rotatable bonds is 2. The van der Waals surface area contributed by atoms with E-state index in [9.17, 15) is 4.79 Å². The highest BCUT2D eigenvalue weighted by Crippen LogP contribution is 2.26. The smallest absolute Gasteiger partial charge is 0.308 e. The molecule has 0 heterocycles. The lowest BCUT2D eigenvalue weighted by molar-refractivity contribution is -0.131. The zero-order valence-electron chi connectivity index (χ0n) is 7.40. The molecule has 70 valence electrons. The predicted octanol–water partition coefficient (Wildman–Crippen LogP) is 1.33. The van der Waals surface area contributed by atoms with Crippen molar-refractivity contribution in [2.45, 2.75) is 6.92 Å². The van der Waals surface area contributed by atoms with Crippen LogP contribution in [-0.4, -0.2) is 18.2 Å². The fourth-order valence-electron chi connectivity index (χ4n) is 0.899. The molecular formula is C9H10O4. The summed E-state index contributed by atoms with van der Waals surface area (Å²) in [6.45, 7) is 1.29. The highest BCUT2D eigenvalue weighted by molar-refractivity contribution is 5.69. The molecule has 0 unspecified atom stereocenters. The maximum atomic E-state index is 10.6. The van der Waals surface area contributed by atoms with Crippen LogP contribution in [-0.2, 0) is 4.79 Å². The Kier molecular flexibility index (Phi) is 2.74. The van der Waals surface area contributed by atoms with E-state index < -0.39 is 5.97 Å². The molecule has 0 aromatic heterocycles. The Balaban J connectivity index is 2.94. The van der Waals surface area contributed by atoms with Crippen LogP contribution in [0.2, 0.25) is 0 Å². The lowest BCUT2D eigenvalue weighted by atomic mass is 10.3. The van der Waals surface area contributed by atoms with Crippen LogP contribution in [0.4, 0.5) is 0 Å². The van der Waals surface area contributed by atoms with Crippen LogP contribution in [0.1, 0.15) is 6.92 Å². The second-order valence-electron chi connectivity index (χ2n) is 2.46. The first-order chi connectivity index (χ1) is 6.11. The third-order valence-corrected chi connectivity index (χ3v) is 1.36. The number of esters is 1. The Hall–Kier alpha value is -1.71. The van der Waals surface area contributed by atoms with E-state index in [1.54, 1.807) is 0 Å². The van der Waals surface area contributed by atoms with E-state index in [4.69, 9.17) is 14.6 Å². The number of benzene rings is 1. The average molecular weight is 182 g/mol. The van der Waals surface area contributed by atoms with E-state index >= 15 is 0 Å². The molecule has 0 saturated carbocycles. The number of aromatic hydroxyl groups is 1. The lowest BCUT2D eigenvalue weighted by Gasteiger charge is -2.04. The largest absolute Gasteiger partial charge is 0.508 e. The number of hydrogen-bond acceptors (Lipinski definition) is 4. The monoisotopic (exact) mass is 182 g/mol. The van der Waals surface area contributed by atoms with Gasteiger partial charge in [-0.05, 0) is 0 Å². The summed E-state index contributed by atoms with van der Waals surface area (Å²) in [5.74, 6) is 0.267. The Bertz CT molecular complexity index is 319. The Morgan fingerprint density at radius 1 is 1.31 bits per heavy atom. The molecule has 4 heteroatoms. The van der Waals surface area contributed by atoms with Gasteiger partial charge >= 0.3 is 5.97 Å². The predicted molar refractivity (Wildman–Crippen MR) is 46.0 cm³/mol. The topological polar surface area (TPSA) is 55.8 Å². The van der Waals surface area contributed by atoms with Gasteiger partial charge in [-0.3, -0.25) is 4.79 Å². The minimum atomic E-state index is -0.437. The quantitative estimate of drug-likeness (QED) is 0.553. The van der Waals surface area contributed by atoms with Crippen molar-refractivity contribution in [1.29, 1.82) is 0 Å². The van der Waals surface area contributed by atoms with Gasteiger partial charge in [0, 0.05) is 25.1 Å². The number of carbonyl (C=O) groups excluding carboxylic acids is 1. The van der Waals surface area contributed by atoms with Crippen LogP contribution in [0.3, 0.4) is 0 Å². The van der Waals surface area contributed by atoms with E-state index in [1.807, 2.05) is 0 Å². The Morgan fingerprint density at radius 3 is 2.46 bits per heavy atom. The molecule has 1 N–H and O–H groups in total. The van der Waals surface area contributed by atoms with E-state index in [1.165, 1.54) is 32.2 Å². The number of carbonyl (C=O) groups is 1. The molecule has 1 rings (SSSR count). The van der Waals surface area contributed by atoms with E-state index in [2.05, 4.69) is 0 Å². The molecule has 1 aromatic carbocycles. The van der Waals surface area contributed by atoms with Crippen LogP contribution in [0.15, 0.2) is 18.2 Å². The van der Waals surface area contributed by atoms with Gasteiger partial charge in [0.1, 0.15) is 17.2 Å². The molecular weight excluding hydrogens is 172 g/mol. The van der Waals surface area contributed by atoms with Crippen molar-refractivity contribution in [2.24, 2.45) is 0 Å². The minimum Gasteiger partial charge on any atom is -0.508 e. The van der Waals surface area contributed by atoms with E-state index in [0.717, 1.165) is 0 Å². The van der Waals surface area contributed by atoms with Gasteiger partial charge in [-0.15, -0.1) is 0 Å². The number of methoxy groups -OCH3 is 1. The number of phenolic OH excluding ortho intramolecular Hbond substituents is 1. The van der Waals surface area contributed by atoms with E-state index in [-0.39, 0.29) is 11.5 Å². The molecule has 0 bridgehead atoms. The molecule has 0 radical (unpaired) electrons. The van der Waals surface area contributed by atoms with Gasteiger partial charge in [-0.1, -0.05) is 0 Å². The second-order valence-corrected chi connectivity index (χ2v) is 2.46. The van der Waals surface area contributed by atoms with Crippen LogP contribution in [0.5, 0.6) is 17.2 Å². The summed E-state index contributed by atoms with van der Waals surface area (Å²) in [5, 5.41) is 9.17. The zero-order chi connectivity index (χ0) is 9.84. The van der Waals surface area contributed by atoms with Crippen molar-refractivity contribution in [2.75, 3.05) is 7.11 Å². The molecule has 0 saturated heterocycles. The number of hydrogen-bond donors (Lipinski definition) is 1. The van der Waals surface area contributed by atoms with Gasteiger partial charge in [0.05, 0.1) is 7.11 Å². The Labute approximate surface area is 75.7 Å². The summed E-state index contributed by atoms with van der Waals surface area (Å²) in [4.78, 5) is 10.6. The fourth-order valence-corrected chi connectivity index (χ4v) is 0.899. The standard InChI is InChI=1S/C9H10O4/c1-6(10)13-9-4-7(11)3-8(5-9)12-2/h3-5,11H,1-2H3. The molecule has 0 aliphatic carbocycles. The highest BCUT2D eigenvalue weighted by atomic mass is 16.5. The molecule has 0 atom stereocenters. The maximum absolute atomic E-state index is 10.6. The first-order valence-corrected chi connectivity index (χ1v) is 3.68. The second kappa shape index (κ2) is 3.80. The van der Waals surface area contributed by atoms with Crippen molar-refractivity contribution in [3.05, 3.63) is 18.2 Å². The average Bonchev–Trinajstić information content (AvgIpc) is 2.01. The molecule has 4 nitrogen and oxygen atoms in total. The van der Waals surface area contributed by atoms with Crippen LogP contribution in [0.25, 0.3) is 0 Å². The molecule has 0 spiro atoms. The molecule has 0 fully saturated rings. The van der Waals surface area contributed by atoms with Gasteiger partial charge in [0.25, 0.3) is 0 Å². The summed E-state index contributed by atoms with van der Waals surface area (Å²) in [6.07, 6.45) is 0. The van der Waals surface area contributed by atoms with Crippen LogP contribution in [0, 0.1) is 0 Å². The van der Waals surface area contributed by atoms with Crippen LogP contribution < -0.4 is 9.47 Å². The number of phenols is 1. The molecule has 1 aromatic rings. The SMILES string of the molecule is COc1cc(O)cc(OC(C)=O)c1. The zero-order valence-corrected chi connectivity index (χ0v) is 7.40. The summed E-state index contributed by atoms with van der Waals surface area (Å²) in [7, 11) is 1.46. The molecule has 0 amide bonds. The number of ether oxygens (including phenoxy) is 2. The fraction of sp³-hybridized carbons (Fsp3) is 0.222.